The average Bonchev–Trinajstić information content (AvgIpc) is 2.51. The summed E-state index contributed by atoms with van der Waals surface area (Å²) in [7, 11) is 5.04. The molecule has 0 aliphatic heterocycles. The second-order valence-electron chi connectivity index (χ2n) is 5.17. The van der Waals surface area contributed by atoms with E-state index in [0.717, 1.165) is 17.7 Å². The van der Waals surface area contributed by atoms with Gasteiger partial charge in [0.15, 0.2) is 0 Å². The molecule has 0 heterocycles. The molecule has 5 heteroatoms. The fraction of sp³-hybridized carbons (Fsp3) is 0.562. The van der Waals surface area contributed by atoms with Crippen LogP contribution in [0.5, 0.6) is 5.75 Å². The first-order chi connectivity index (χ1) is 10.0. The molecule has 2 unspecified atom stereocenters. The van der Waals surface area contributed by atoms with Gasteiger partial charge in [0.05, 0.1) is 19.6 Å². The summed E-state index contributed by atoms with van der Waals surface area (Å²) in [6, 6.07) is 7.93. The van der Waals surface area contributed by atoms with Crippen molar-refractivity contribution >= 4 is 5.91 Å². The molecule has 1 aromatic carbocycles. The van der Waals surface area contributed by atoms with Crippen molar-refractivity contribution in [2.75, 3.05) is 27.8 Å². The van der Waals surface area contributed by atoms with Crippen molar-refractivity contribution in [3.05, 3.63) is 29.8 Å². The van der Waals surface area contributed by atoms with Crippen LogP contribution in [0.25, 0.3) is 0 Å². The lowest BCUT2D eigenvalue weighted by Gasteiger charge is -2.27. The maximum Gasteiger partial charge on any atom is 0.225 e. The highest BCUT2D eigenvalue weighted by molar-refractivity contribution is 5.76. The summed E-state index contributed by atoms with van der Waals surface area (Å²) in [5.74, 6) is 0.886. The average molecular weight is 294 g/mol. The number of nitrogens with two attached hydrogens (primary N) is 1. The van der Waals surface area contributed by atoms with E-state index in [2.05, 4.69) is 0 Å². The molecule has 0 saturated heterocycles. The Morgan fingerprint density at radius 1 is 1.33 bits per heavy atom. The van der Waals surface area contributed by atoms with Crippen LogP contribution in [0.4, 0.5) is 0 Å². The van der Waals surface area contributed by atoms with Crippen LogP contribution in [0.15, 0.2) is 24.3 Å². The molecule has 5 nitrogen and oxygen atoms in total. The first-order valence-electron chi connectivity index (χ1n) is 7.13. The second kappa shape index (κ2) is 8.64. The molecule has 1 rings (SSSR count). The molecule has 21 heavy (non-hydrogen) atoms. The second-order valence-corrected chi connectivity index (χ2v) is 5.17. The number of carbonyl (C=O) groups excluding carboxylic acids is 1. The quantitative estimate of drug-likeness (QED) is 0.788. The fourth-order valence-corrected chi connectivity index (χ4v) is 2.17. The lowest BCUT2D eigenvalue weighted by atomic mass is 10.0. The maximum atomic E-state index is 12.2. The number of para-hydroxylation sites is 1. The first-order valence-corrected chi connectivity index (χ1v) is 7.13. The first kappa shape index (κ1) is 17.5. The molecule has 0 saturated carbocycles. The number of benzene rings is 1. The topological polar surface area (TPSA) is 64.8 Å². The molecule has 0 spiro atoms. The number of nitrogens with zero attached hydrogens (tertiary/aromatic N) is 1. The van der Waals surface area contributed by atoms with Crippen LogP contribution in [0.3, 0.4) is 0 Å². The SMILES string of the molecule is COc1ccccc1CC(C)N(C)C(=O)CC(CN)OC. The molecule has 0 bridgehead atoms. The Labute approximate surface area is 127 Å². The van der Waals surface area contributed by atoms with E-state index in [0.29, 0.717) is 13.0 Å². The summed E-state index contributed by atoms with van der Waals surface area (Å²) >= 11 is 0. The Bertz CT molecular complexity index is 447. The van der Waals surface area contributed by atoms with Crippen molar-refractivity contribution in [3.63, 3.8) is 0 Å². The van der Waals surface area contributed by atoms with E-state index in [1.54, 1.807) is 19.1 Å². The van der Waals surface area contributed by atoms with Crippen LogP contribution in [-0.4, -0.2) is 50.8 Å². The highest BCUT2D eigenvalue weighted by Crippen LogP contribution is 2.20. The summed E-state index contributed by atoms with van der Waals surface area (Å²) < 4.78 is 10.5. The van der Waals surface area contributed by atoms with Crippen molar-refractivity contribution in [1.82, 2.24) is 4.90 Å². The third-order valence-electron chi connectivity index (χ3n) is 3.76. The largest absolute Gasteiger partial charge is 0.496 e. The summed E-state index contributed by atoms with van der Waals surface area (Å²) in [5.41, 5.74) is 6.65. The zero-order chi connectivity index (χ0) is 15.8. The van der Waals surface area contributed by atoms with Crippen LogP contribution >= 0.6 is 0 Å². The number of carbonyl (C=O) groups is 1. The Balaban J connectivity index is 2.65. The van der Waals surface area contributed by atoms with Gasteiger partial charge in [-0.3, -0.25) is 4.79 Å². The molecule has 0 fully saturated rings. The molecular formula is C16H26N2O3. The number of likely N-dealkylation sites (N-methyl/N-ethyl adjacent to an activating group) is 1. The van der Waals surface area contributed by atoms with Gasteiger partial charge in [0.2, 0.25) is 5.91 Å². The van der Waals surface area contributed by atoms with E-state index < -0.39 is 0 Å². The molecule has 118 valence electrons. The van der Waals surface area contributed by atoms with E-state index >= 15 is 0 Å². The van der Waals surface area contributed by atoms with E-state index in [9.17, 15) is 4.79 Å². The van der Waals surface area contributed by atoms with Crippen molar-refractivity contribution in [1.29, 1.82) is 0 Å². The number of rotatable bonds is 8. The highest BCUT2D eigenvalue weighted by atomic mass is 16.5. The standard InChI is InChI=1S/C16H26N2O3/c1-12(9-13-7-5-6-8-15(13)21-4)18(2)16(19)10-14(11-17)20-3/h5-8,12,14H,9-11,17H2,1-4H3. The van der Waals surface area contributed by atoms with Gasteiger partial charge in [-0.1, -0.05) is 18.2 Å². The molecule has 2 N–H and O–H groups in total. The van der Waals surface area contributed by atoms with E-state index in [-0.39, 0.29) is 18.1 Å². The Morgan fingerprint density at radius 3 is 2.57 bits per heavy atom. The van der Waals surface area contributed by atoms with Gasteiger partial charge in [-0.05, 0) is 25.0 Å². The van der Waals surface area contributed by atoms with Gasteiger partial charge < -0.3 is 20.1 Å². The van der Waals surface area contributed by atoms with Crippen LogP contribution < -0.4 is 10.5 Å². The molecule has 0 aromatic heterocycles. The van der Waals surface area contributed by atoms with E-state index in [1.807, 2.05) is 38.2 Å². The van der Waals surface area contributed by atoms with Gasteiger partial charge in [0.25, 0.3) is 0 Å². The number of methoxy groups -OCH3 is 2. The third-order valence-corrected chi connectivity index (χ3v) is 3.76. The van der Waals surface area contributed by atoms with Crippen molar-refractivity contribution < 1.29 is 14.3 Å². The van der Waals surface area contributed by atoms with Crippen molar-refractivity contribution in [2.24, 2.45) is 5.73 Å². The normalized spacial score (nSPS) is 13.6. The van der Waals surface area contributed by atoms with Gasteiger partial charge in [0, 0.05) is 26.7 Å². The molecule has 1 amide bonds. The van der Waals surface area contributed by atoms with E-state index in [4.69, 9.17) is 15.2 Å². The highest BCUT2D eigenvalue weighted by Gasteiger charge is 2.20. The van der Waals surface area contributed by atoms with Crippen LogP contribution in [0, 0.1) is 0 Å². The summed E-state index contributed by atoms with van der Waals surface area (Å²) in [6.07, 6.45) is 0.824. The third kappa shape index (κ3) is 5.02. The van der Waals surface area contributed by atoms with Crippen LogP contribution in [0.1, 0.15) is 18.9 Å². The monoisotopic (exact) mass is 294 g/mol. The summed E-state index contributed by atoms with van der Waals surface area (Å²) in [5, 5.41) is 0. The lowest BCUT2D eigenvalue weighted by molar-refractivity contribution is -0.134. The summed E-state index contributed by atoms with van der Waals surface area (Å²) in [6.45, 7) is 2.37. The van der Waals surface area contributed by atoms with Gasteiger partial charge >= 0.3 is 0 Å². The lowest BCUT2D eigenvalue weighted by Crippen LogP contribution is -2.39. The Kier molecular flexibility index (Phi) is 7.19. The molecule has 2 atom stereocenters. The maximum absolute atomic E-state index is 12.2. The minimum atomic E-state index is -0.224. The van der Waals surface area contributed by atoms with Gasteiger partial charge in [0.1, 0.15) is 5.75 Å². The van der Waals surface area contributed by atoms with Gasteiger partial charge in [-0.25, -0.2) is 0 Å². The number of hydrogen-bond acceptors (Lipinski definition) is 4. The predicted molar refractivity (Wildman–Crippen MR) is 83.4 cm³/mol. The molecule has 0 aliphatic carbocycles. The zero-order valence-electron chi connectivity index (χ0n) is 13.3. The fourth-order valence-electron chi connectivity index (χ4n) is 2.17. The molecule has 1 aromatic rings. The van der Waals surface area contributed by atoms with Crippen molar-refractivity contribution in [2.45, 2.75) is 31.9 Å². The number of amides is 1. The molecule has 0 radical (unpaired) electrons. The molecule has 0 aliphatic rings. The minimum absolute atomic E-state index is 0.0368. The molecular weight excluding hydrogens is 268 g/mol. The Hall–Kier alpha value is -1.59. The summed E-state index contributed by atoms with van der Waals surface area (Å²) in [4.78, 5) is 14.0. The van der Waals surface area contributed by atoms with Crippen LogP contribution in [0.2, 0.25) is 0 Å². The van der Waals surface area contributed by atoms with Gasteiger partial charge in [-0.2, -0.15) is 0 Å². The number of ether oxygens (including phenoxy) is 2. The van der Waals surface area contributed by atoms with Crippen LogP contribution in [-0.2, 0) is 16.0 Å². The minimum Gasteiger partial charge on any atom is -0.496 e. The number of hydrogen-bond donors (Lipinski definition) is 1. The zero-order valence-corrected chi connectivity index (χ0v) is 13.3. The predicted octanol–water partition coefficient (Wildman–Crippen LogP) is 1.45. The smallest absolute Gasteiger partial charge is 0.225 e. The Morgan fingerprint density at radius 2 is 2.00 bits per heavy atom. The van der Waals surface area contributed by atoms with Crippen molar-refractivity contribution in [3.8, 4) is 5.75 Å². The van der Waals surface area contributed by atoms with Gasteiger partial charge in [-0.15, -0.1) is 0 Å². The van der Waals surface area contributed by atoms with E-state index in [1.165, 1.54) is 0 Å².